The predicted molar refractivity (Wildman–Crippen MR) is 124 cm³/mol. The first-order valence-corrected chi connectivity index (χ1v) is 11.0. The summed E-state index contributed by atoms with van der Waals surface area (Å²) >= 11 is 6.19. The average molecular weight is 459 g/mol. The van der Waals surface area contributed by atoms with Gasteiger partial charge in [-0.15, -0.1) is 0 Å². The van der Waals surface area contributed by atoms with Crippen molar-refractivity contribution in [3.63, 3.8) is 0 Å². The van der Waals surface area contributed by atoms with Crippen molar-refractivity contribution < 1.29 is 14.3 Å². The number of rotatable bonds is 2. The van der Waals surface area contributed by atoms with Gasteiger partial charge in [-0.25, -0.2) is 9.48 Å². The van der Waals surface area contributed by atoms with Gasteiger partial charge in [-0.05, 0) is 52.7 Å². The Morgan fingerprint density at radius 1 is 1.16 bits per heavy atom. The second-order valence-corrected chi connectivity index (χ2v) is 9.76. The first kappa shape index (κ1) is 22.3. The van der Waals surface area contributed by atoms with Crippen LogP contribution in [0.2, 0.25) is 5.02 Å². The minimum absolute atomic E-state index is 0.0160. The van der Waals surface area contributed by atoms with Crippen molar-refractivity contribution in [2.45, 2.75) is 52.2 Å². The van der Waals surface area contributed by atoms with Crippen LogP contribution in [0.3, 0.4) is 0 Å². The van der Waals surface area contributed by atoms with E-state index >= 15 is 0 Å². The summed E-state index contributed by atoms with van der Waals surface area (Å²) in [6, 6.07) is 3.21. The molecule has 0 saturated carbocycles. The van der Waals surface area contributed by atoms with Crippen LogP contribution in [-0.4, -0.2) is 49.8 Å². The molecular weight excluding hydrogens is 432 g/mol. The van der Waals surface area contributed by atoms with Gasteiger partial charge in [0.15, 0.2) is 5.78 Å². The van der Waals surface area contributed by atoms with Crippen molar-refractivity contribution in [3.05, 3.63) is 39.3 Å². The van der Waals surface area contributed by atoms with Gasteiger partial charge in [0, 0.05) is 41.5 Å². The fourth-order valence-corrected chi connectivity index (χ4v) is 4.59. The Hall–Kier alpha value is -2.87. The Morgan fingerprint density at radius 3 is 2.41 bits per heavy atom. The van der Waals surface area contributed by atoms with Crippen LogP contribution in [0.4, 0.5) is 4.79 Å². The molecule has 3 heterocycles. The van der Waals surface area contributed by atoms with E-state index in [4.69, 9.17) is 16.3 Å². The summed E-state index contributed by atoms with van der Waals surface area (Å²) in [7, 11) is 1.70. The minimum atomic E-state index is -0.539. The van der Waals surface area contributed by atoms with Gasteiger partial charge in [-0.3, -0.25) is 14.2 Å². The molecule has 1 aliphatic heterocycles. The standard InChI is InChI=1S/C23H27ClN4O4/c1-13(29)16-10-14(24)11-17-19(16)18-12-25-28(20(18)26(5)21(17)30)15-6-8-27(9-7-15)22(31)32-23(2,3)4/h10-12,15H,6-9H2,1-5H3. The molecule has 9 heteroatoms. The number of benzene rings is 1. The van der Waals surface area contributed by atoms with E-state index in [0.29, 0.717) is 52.9 Å². The van der Waals surface area contributed by atoms with E-state index in [1.807, 2.05) is 25.5 Å². The highest BCUT2D eigenvalue weighted by atomic mass is 35.5. The Morgan fingerprint density at radius 2 is 1.81 bits per heavy atom. The number of hydrogen-bond acceptors (Lipinski definition) is 5. The summed E-state index contributed by atoms with van der Waals surface area (Å²) in [6.45, 7) is 8.08. The monoisotopic (exact) mass is 458 g/mol. The van der Waals surface area contributed by atoms with Gasteiger partial charge in [0.05, 0.1) is 17.6 Å². The zero-order chi connectivity index (χ0) is 23.4. The average Bonchev–Trinajstić information content (AvgIpc) is 3.15. The number of aryl methyl sites for hydroxylation is 1. The number of pyridine rings is 1. The summed E-state index contributed by atoms with van der Waals surface area (Å²) in [4.78, 5) is 39.6. The molecule has 0 atom stereocenters. The molecular formula is C23H27ClN4O4. The summed E-state index contributed by atoms with van der Waals surface area (Å²) in [5.41, 5.74) is 0.297. The maximum absolute atomic E-state index is 13.2. The Kier molecular flexibility index (Phi) is 5.53. The number of halogens is 1. The molecule has 1 fully saturated rings. The zero-order valence-electron chi connectivity index (χ0n) is 18.9. The molecule has 0 radical (unpaired) electrons. The normalized spacial score (nSPS) is 15.5. The number of carbonyl (C=O) groups excluding carboxylic acids is 2. The lowest BCUT2D eigenvalue weighted by Crippen LogP contribution is -2.42. The number of piperidine rings is 1. The van der Waals surface area contributed by atoms with Crippen molar-refractivity contribution in [2.75, 3.05) is 13.1 Å². The van der Waals surface area contributed by atoms with E-state index in [9.17, 15) is 14.4 Å². The number of aromatic nitrogens is 3. The zero-order valence-corrected chi connectivity index (χ0v) is 19.7. The van der Waals surface area contributed by atoms with Crippen LogP contribution in [0.5, 0.6) is 0 Å². The third kappa shape index (κ3) is 3.88. The predicted octanol–water partition coefficient (Wildman–Crippen LogP) is 4.32. The lowest BCUT2D eigenvalue weighted by Gasteiger charge is -2.33. The molecule has 1 saturated heterocycles. The van der Waals surface area contributed by atoms with Crippen LogP contribution in [-0.2, 0) is 11.8 Å². The second-order valence-electron chi connectivity index (χ2n) is 9.32. The van der Waals surface area contributed by atoms with E-state index in [-0.39, 0.29) is 23.5 Å². The van der Waals surface area contributed by atoms with Gasteiger partial charge >= 0.3 is 6.09 Å². The van der Waals surface area contributed by atoms with Crippen LogP contribution < -0.4 is 5.56 Å². The molecule has 170 valence electrons. The van der Waals surface area contributed by atoms with Crippen molar-refractivity contribution in [2.24, 2.45) is 7.05 Å². The van der Waals surface area contributed by atoms with Gasteiger partial charge in [-0.1, -0.05) is 11.6 Å². The number of Topliss-reactive ketones (excluding diaryl/α,β-unsaturated/α-hetero) is 1. The summed E-state index contributed by atoms with van der Waals surface area (Å²) in [5, 5.41) is 6.67. The SMILES string of the molecule is CC(=O)c1cc(Cl)cc2c(=O)n(C)c3c(cnn3C3CCN(C(=O)OC(C)(C)C)CC3)c12. The number of fused-ring (bicyclic) bond motifs is 3. The van der Waals surface area contributed by atoms with Crippen molar-refractivity contribution in [1.82, 2.24) is 19.2 Å². The van der Waals surface area contributed by atoms with Crippen LogP contribution >= 0.6 is 11.6 Å². The number of amides is 1. The highest BCUT2D eigenvalue weighted by molar-refractivity contribution is 6.32. The number of likely N-dealkylation sites (tertiary alicyclic amines) is 1. The molecule has 0 unspecified atom stereocenters. The molecule has 2 aromatic heterocycles. The molecule has 1 aliphatic rings. The molecule has 0 N–H and O–H groups in total. The highest BCUT2D eigenvalue weighted by Gasteiger charge is 2.29. The fourth-order valence-electron chi connectivity index (χ4n) is 4.37. The molecule has 8 nitrogen and oxygen atoms in total. The van der Waals surface area contributed by atoms with E-state index in [1.54, 1.807) is 34.8 Å². The topological polar surface area (TPSA) is 86.4 Å². The number of nitrogens with zero attached hydrogens (tertiary/aromatic N) is 4. The number of ether oxygens (including phenoxy) is 1. The van der Waals surface area contributed by atoms with Crippen LogP contribution in [0, 0.1) is 0 Å². The lowest BCUT2D eigenvalue weighted by molar-refractivity contribution is 0.0186. The number of ketones is 1. The summed E-state index contributed by atoms with van der Waals surface area (Å²) < 4.78 is 8.89. The second kappa shape index (κ2) is 7.92. The molecule has 1 amide bonds. The molecule has 0 aliphatic carbocycles. The van der Waals surface area contributed by atoms with Crippen LogP contribution in [0.25, 0.3) is 21.8 Å². The Balaban J connectivity index is 1.74. The third-order valence-electron chi connectivity index (χ3n) is 5.84. The van der Waals surface area contributed by atoms with Crippen molar-refractivity contribution in [3.8, 4) is 0 Å². The molecule has 4 rings (SSSR count). The highest BCUT2D eigenvalue weighted by Crippen LogP contribution is 2.32. The first-order chi connectivity index (χ1) is 15.0. The maximum Gasteiger partial charge on any atom is 0.410 e. The minimum Gasteiger partial charge on any atom is -0.444 e. The molecule has 0 spiro atoms. The fraction of sp³-hybridized carbons (Fsp3) is 0.478. The Bertz CT molecular complexity index is 1290. The third-order valence-corrected chi connectivity index (χ3v) is 6.05. The van der Waals surface area contributed by atoms with E-state index in [1.165, 1.54) is 6.92 Å². The van der Waals surface area contributed by atoms with Gasteiger partial charge in [0.25, 0.3) is 5.56 Å². The summed E-state index contributed by atoms with van der Waals surface area (Å²) in [5.74, 6) is -0.162. The van der Waals surface area contributed by atoms with Crippen LogP contribution in [0.1, 0.15) is 56.9 Å². The number of hydrogen-bond donors (Lipinski definition) is 0. The van der Waals surface area contributed by atoms with Gasteiger partial charge in [0.2, 0.25) is 0 Å². The van der Waals surface area contributed by atoms with E-state index in [0.717, 1.165) is 5.39 Å². The lowest BCUT2D eigenvalue weighted by atomic mass is 10.0. The largest absolute Gasteiger partial charge is 0.444 e. The molecule has 1 aromatic carbocycles. The number of carbonyl (C=O) groups is 2. The van der Waals surface area contributed by atoms with Gasteiger partial charge in [0.1, 0.15) is 11.2 Å². The van der Waals surface area contributed by atoms with E-state index in [2.05, 4.69) is 5.10 Å². The first-order valence-electron chi connectivity index (χ1n) is 10.7. The molecule has 3 aromatic rings. The van der Waals surface area contributed by atoms with E-state index < -0.39 is 5.60 Å². The molecule has 0 bridgehead atoms. The summed E-state index contributed by atoms with van der Waals surface area (Å²) in [6.07, 6.45) is 2.75. The smallest absolute Gasteiger partial charge is 0.410 e. The maximum atomic E-state index is 13.2. The van der Waals surface area contributed by atoms with Gasteiger partial charge in [-0.2, -0.15) is 5.10 Å². The van der Waals surface area contributed by atoms with Gasteiger partial charge < -0.3 is 9.64 Å². The molecule has 32 heavy (non-hydrogen) atoms. The van der Waals surface area contributed by atoms with Crippen molar-refractivity contribution in [1.29, 1.82) is 0 Å². The Labute approximate surface area is 190 Å². The van der Waals surface area contributed by atoms with Crippen molar-refractivity contribution >= 4 is 45.3 Å². The quantitative estimate of drug-likeness (QED) is 0.534. The van der Waals surface area contributed by atoms with Crippen LogP contribution in [0.15, 0.2) is 23.1 Å².